The molecule has 1 aromatic rings. The van der Waals surface area contributed by atoms with Gasteiger partial charge in [0.25, 0.3) is 0 Å². The standard InChI is InChI=1S/C22H34ClN3O2/c1-24-22(25-13-4-5-18-7-9-19(23)10-8-18)26-14-11-20(12-15-26)28-17-21-6-2-3-16-27-21/h7-10,20-21H,2-6,11-17H2,1H3,(H,24,25). The van der Waals surface area contributed by atoms with Gasteiger partial charge in [-0.1, -0.05) is 23.7 Å². The number of guanidine groups is 1. The van der Waals surface area contributed by atoms with E-state index in [-0.39, 0.29) is 0 Å². The third-order valence-corrected chi connectivity index (χ3v) is 5.84. The molecule has 0 spiro atoms. The van der Waals surface area contributed by atoms with Crippen molar-refractivity contribution in [3.05, 3.63) is 34.9 Å². The Kier molecular flexibility index (Phi) is 8.90. The summed E-state index contributed by atoms with van der Waals surface area (Å²) in [7, 11) is 1.87. The van der Waals surface area contributed by atoms with Crippen molar-refractivity contribution in [2.45, 2.75) is 57.2 Å². The average molecular weight is 408 g/mol. The Morgan fingerprint density at radius 2 is 2.00 bits per heavy atom. The van der Waals surface area contributed by atoms with Crippen LogP contribution in [0.3, 0.4) is 0 Å². The van der Waals surface area contributed by atoms with E-state index in [4.69, 9.17) is 21.1 Å². The van der Waals surface area contributed by atoms with E-state index in [0.29, 0.717) is 12.2 Å². The van der Waals surface area contributed by atoms with Gasteiger partial charge in [0.1, 0.15) is 0 Å². The predicted molar refractivity (Wildman–Crippen MR) is 115 cm³/mol. The second-order valence-electron chi connectivity index (χ2n) is 7.71. The van der Waals surface area contributed by atoms with E-state index < -0.39 is 0 Å². The van der Waals surface area contributed by atoms with Crippen LogP contribution in [0.5, 0.6) is 0 Å². The lowest BCUT2D eigenvalue weighted by molar-refractivity contribution is -0.0721. The summed E-state index contributed by atoms with van der Waals surface area (Å²) in [6, 6.07) is 8.10. The van der Waals surface area contributed by atoms with Crippen LogP contribution < -0.4 is 5.32 Å². The Hall–Kier alpha value is -1.30. The van der Waals surface area contributed by atoms with Gasteiger partial charge in [-0.05, 0) is 62.6 Å². The van der Waals surface area contributed by atoms with Crippen LogP contribution >= 0.6 is 11.6 Å². The molecule has 6 heteroatoms. The fraction of sp³-hybridized carbons (Fsp3) is 0.682. The zero-order valence-corrected chi connectivity index (χ0v) is 17.8. The van der Waals surface area contributed by atoms with Crippen LogP contribution in [0.25, 0.3) is 0 Å². The lowest BCUT2D eigenvalue weighted by atomic mass is 10.1. The first-order valence-corrected chi connectivity index (χ1v) is 11.1. The van der Waals surface area contributed by atoms with Crippen molar-refractivity contribution in [1.29, 1.82) is 0 Å². The number of hydrogen-bond acceptors (Lipinski definition) is 3. The summed E-state index contributed by atoms with van der Waals surface area (Å²) in [4.78, 5) is 6.81. The first-order chi connectivity index (χ1) is 13.7. The zero-order valence-electron chi connectivity index (χ0n) is 17.0. The van der Waals surface area contributed by atoms with Crippen LogP contribution in [0.15, 0.2) is 29.3 Å². The van der Waals surface area contributed by atoms with Crippen molar-refractivity contribution in [2.24, 2.45) is 4.99 Å². The van der Waals surface area contributed by atoms with Gasteiger partial charge in [0.15, 0.2) is 5.96 Å². The van der Waals surface area contributed by atoms with Crippen molar-refractivity contribution < 1.29 is 9.47 Å². The predicted octanol–water partition coefficient (Wildman–Crippen LogP) is 3.90. The normalized spacial score (nSPS) is 21.7. The molecule has 0 amide bonds. The van der Waals surface area contributed by atoms with E-state index in [9.17, 15) is 0 Å². The zero-order chi connectivity index (χ0) is 19.6. The number of likely N-dealkylation sites (tertiary alicyclic amines) is 1. The molecule has 156 valence electrons. The molecule has 3 rings (SSSR count). The Morgan fingerprint density at radius 3 is 2.68 bits per heavy atom. The summed E-state index contributed by atoms with van der Waals surface area (Å²) >= 11 is 5.94. The van der Waals surface area contributed by atoms with Gasteiger partial charge < -0.3 is 19.7 Å². The molecule has 0 aliphatic carbocycles. The van der Waals surface area contributed by atoms with Gasteiger partial charge in [-0.25, -0.2) is 0 Å². The number of aryl methyl sites for hydroxylation is 1. The molecule has 5 nitrogen and oxygen atoms in total. The third-order valence-electron chi connectivity index (χ3n) is 5.58. The van der Waals surface area contributed by atoms with Gasteiger partial charge in [-0.2, -0.15) is 0 Å². The van der Waals surface area contributed by atoms with Crippen molar-refractivity contribution >= 4 is 17.6 Å². The highest BCUT2D eigenvalue weighted by atomic mass is 35.5. The van der Waals surface area contributed by atoms with Crippen LogP contribution in [-0.4, -0.2) is 63.0 Å². The minimum absolute atomic E-state index is 0.307. The van der Waals surface area contributed by atoms with Crippen LogP contribution in [0.2, 0.25) is 5.02 Å². The van der Waals surface area contributed by atoms with E-state index in [0.717, 1.165) is 75.9 Å². The highest BCUT2D eigenvalue weighted by Gasteiger charge is 2.23. The van der Waals surface area contributed by atoms with Crippen molar-refractivity contribution in [3.8, 4) is 0 Å². The number of rotatable bonds is 7. The van der Waals surface area contributed by atoms with E-state index in [1.165, 1.54) is 18.4 Å². The first-order valence-electron chi connectivity index (χ1n) is 10.7. The van der Waals surface area contributed by atoms with Crippen LogP contribution in [0.1, 0.15) is 44.1 Å². The molecule has 1 unspecified atom stereocenters. The second kappa shape index (κ2) is 11.6. The Bertz CT molecular complexity index is 594. The van der Waals surface area contributed by atoms with Gasteiger partial charge in [-0.15, -0.1) is 0 Å². The topological polar surface area (TPSA) is 46.1 Å². The lowest BCUT2D eigenvalue weighted by Gasteiger charge is -2.35. The molecule has 1 N–H and O–H groups in total. The van der Waals surface area contributed by atoms with Gasteiger partial charge in [0, 0.05) is 38.3 Å². The molecule has 2 saturated heterocycles. The lowest BCUT2D eigenvalue weighted by Crippen LogP contribution is -2.47. The van der Waals surface area contributed by atoms with Crippen LogP contribution in [0, 0.1) is 0 Å². The van der Waals surface area contributed by atoms with E-state index >= 15 is 0 Å². The number of benzene rings is 1. The molecular weight excluding hydrogens is 374 g/mol. The SMILES string of the molecule is CN=C(NCCCc1ccc(Cl)cc1)N1CCC(OCC2CCCCO2)CC1. The molecule has 2 aliphatic rings. The van der Waals surface area contributed by atoms with E-state index in [1.54, 1.807) is 0 Å². The fourth-order valence-electron chi connectivity index (χ4n) is 3.89. The summed E-state index contributed by atoms with van der Waals surface area (Å²) in [6.07, 6.45) is 8.49. The molecule has 2 fully saturated rings. The molecule has 1 atom stereocenters. The van der Waals surface area contributed by atoms with Crippen LogP contribution in [-0.2, 0) is 15.9 Å². The highest BCUT2D eigenvalue weighted by molar-refractivity contribution is 6.30. The van der Waals surface area contributed by atoms with Crippen LogP contribution in [0.4, 0.5) is 0 Å². The number of hydrogen-bond donors (Lipinski definition) is 1. The molecule has 28 heavy (non-hydrogen) atoms. The first kappa shape index (κ1) is 21.4. The summed E-state index contributed by atoms with van der Waals surface area (Å²) in [5.74, 6) is 1.00. The number of nitrogens with one attached hydrogen (secondary N) is 1. The van der Waals surface area contributed by atoms with Gasteiger partial charge in [0.05, 0.1) is 18.8 Å². The molecule has 2 heterocycles. The Balaban J connectivity index is 1.31. The monoisotopic (exact) mass is 407 g/mol. The van der Waals surface area contributed by atoms with Crippen molar-refractivity contribution in [3.63, 3.8) is 0 Å². The maximum absolute atomic E-state index is 6.12. The van der Waals surface area contributed by atoms with Gasteiger partial charge in [-0.3, -0.25) is 4.99 Å². The van der Waals surface area contributed by atoms with E-state index in [2.05, 4.69) is 27.3 Å². The summed E-state index contributed by atoms with van der Waals surface area (Å²) in [5, 5.41) is 4.30. The number of ether oxygens (including phenoxy) is 2. The van der Waals surface area contributed by atoms with Gasteiger partial charge in [0.2, 0.25) is 0 Å². The molecule has 2 aliphatic heterocycles. The smallest absolute Gasteiger partial charge is 0.193 e. The minimum Gasteiger partial charge on any atom is -0.376 e. The van der Waals surface area contributed by atoms with Crippen molar-refractivity contribution in [2.75, 3.05) is 39.9 Å². The highest BCUT2D eigenvalue weighted by Crippen LogP contribution is 2.18. The summed E-state index contributed by atoms with van der Waals surface area (Å²) < 4.78 is 11.9. The Labute approximate surface area is 174 Å². The molecule has 0 bridgehead atoms. The average Bonchev–Trinajstić information content (AvgIpc) is 2.75. The minimum atomic E-state index is 0.307. The molecule has 0 saturated carbocycles. The number of aliphatic imine (C=N–C) groups is 1. The third kappa shape index (κ3) is 6.94. The van der Waals surface area contributed by atoms with Crippen molar-refractivity contribution in [1.82, 2.24) is 10.2 Å². The molecule has 0 aromatic heterocycles. The van der Waals surface area contributed by atoms with E-state index in [1.807, 2.05) is 19.2 Å². The maximum Gasteiger partial charge on any atom is 0.193 e. The quantitative estimate of drug-likeness (QED) is 0.423. The largest absolute Gasteiger partial charge is 0.376 e. The molecule has 0 radical (unpaired) electrons. The number of nitrogens with zero attached hydrogens (tertiary/aromatic N) is 2. The molecule has 1 aromatic carbocycles. The van der Waals surface area contributed by atoms with Gasteiger partial charge >= 0.3 is 0 Å². The summed E-state index contributed by atoms with van der Waals surface area (Å²) in [6.45, 7) is 4.56. The number of piperidine rings is 1. The second-order valence-corrected chi connectivity index (χ2v) is 8.15. The summed E-state index contributed by atoms with van der Waals surface area (Å²) in [5.41, 5.74) is 1.32. The Morgan fingerprint density at radius 1 is 1.21 bits per heavy atom. The maximum atomic E-state index is 6.12. The molecular formula is C22H34ClN3O2. The fourth-order valence-corrected chi connectivity index (χ4v) is 4.02. The number of halogens is 1.